The number of nitrogens with zero attached hydrogens (tertiary/aromatic N) is 2. The van der Waals surface area contributed by atoms with Crippen molar-refractivity contribution in [2.45, 2.75) is 26.4 Å². The van der Waals surface area contributed by atoms with E-state index in [1.807, 2.05) is 48.5 Å². The monoisotopic (exact) mass is 350 g/mol. The van der Waals surface area contributed by atoms with Gasteiger partial charge in [-0.3, -0.25) is 0 Å². The van der Waals surface area contributed by atoms with Crippen LogP contribution >= 0.6 is 12.2 Å². The zero-order valence-electron chi connectivity index (χ0n) is 14.4. The minimum absolute atomic E-state index is 0.362. The third-order valence-corrected chi connectivity index (χ3v) is 5.19. The van der Waals surface area contributed by atoms with Crippen molar-refractivity contribution in [1.82, 2.24) is 4.90 Å². The van der Waals surface area contributed by atoms with Gasteiger partial charge < -0.3 is 9.64 Å². The first-order chi connectivity index (χ1) is 12.2. The predicted molar refractivity (Wildman–Crippen MR) is 104 cm³/mol. The molecule has 0 aliphatic carbocycles. The number of hydrogen-bond acceptors (Lipinski definition) is 3. The number of benzene rings is 2. The average Bonchev–Trinajstić information content (AvgIpc) is 2.67. The lowest BCUT2D eigenvalue weighted by atomic mass is 9.99. The zero-order valence-corrected chi connectivity index (χ0v) is 15.3. The normalized spacial score (nSPS) is 14.8. The molecule has 1 aliphatic rings. The molecule has 25 heavy (non-hydrogen) atoms. The summed E-state index contributed by atoms with van der Waals surface area (Å²) >= 11 is 5.74. The molecule has 1 saturated heterocycles. The van der Waals surface area contributed by atoms with E-state index in [0.717, 1.165) is 40.9 Å². The van der Waals surface area contributed by atoms with Crippen LogP contribution in [0, 0.1) is 17.2 Å². The van der Waals surface area contributed by atoms with Crippen LogP contribution in [0.25, 0.3) is 0 Å². The standard InChI is InChI=1S/C21H22N2OS/c1-16-10-12-23(13-11-16)21(25)19-8-4-5-9-20(19)24-15-18-7-3-2-6-17(18)14-22/h2-9,16H,10-13,15H2,1H3. The summed E-state index contributed by atoms with van der Waals surface area (Å²) < 4.78 is 6.03. The van der Waals surface area contributed by atoms with Crippen LogP contribution in [0.5, 0.6) is 5.75 Å². The van der Waals surface area contributed by atoms with Crippen molar-refractivity contribution >= 4 is 17.2 Å². The number of para-hydroxylation sites is 1. The van der Waals surface area contributed by atoms with Gasteiger partial charge in [0.2, 0.25) is 0 Å². The molecule has 3 nitrogen and oxygen atoms in total. The molecule has 2 aromatic rings. The molecule has 0 saturated carbocycles. The molecule has 128 valence electrons. The Morgan fingerprint density at radius 3 is 2.60 bits per heavy atom. The number of likely N-dealkylation sites (tertiary alicyclic amines) is 1. The molecule has 0 bridgehead atoms. The molecule has 0 amide bonds. The maximum Gasteiger partial charge on any atom is 0.130 e. The van der Waals surface area contributed by atoms with Gasteiger partial charge in [0, 0.05) is 18.7 Å². The average molecular weight is 350 g/mol. The second kappa shape index (κ2) is 8.13. The first-order valence-corrected chi connectivity index (χ1v) is 9.09. The van der Waals surface area contributed by atoms with E-state index in [9.17, 15) is 5.26 Å². The smallest absolute Gasteiger partial charge is 0.130 e. The Kier molecular flexibility index (Phi) is 5.67. The van der Waals surface area contributed by atoms with Gasteiger partial charge in [-0.2, -0.15) is 5.26 Å². The van der Waals surface area contributed by atoms with Crippen LogP contribution in [0.1, 0.15) is 36.5 Å². The third kappa shape index (κ3) is 4.18. The topological polar surface area (TPSA) is 36.3 Å². The molecule has 0 radical (unpaired) electrons. The second-order valence-corrected chi connectivity index (χ2v) is 6.92. The summed E-state index contributed by atoms with van der Waals surface area (Å²) in [5.74, 6) is 1.55. The fraction of sp³-hybridized carbons (Fsp3) is 0.333. The zero-order chi connectivity index (χ0) is 17.6. The molecule has 0 atom stereocenters. The van der Waals surface area contributed by atoms with E-state index in [4.69, 9.17) is 17.0 Å². The van der Waals surface area contributed by atoms with Gasteiger partial charge in [0.15, 0.2) is 0 Å². The molecule has 1 fully saturated rings. The summed E-state index contributed by atoms with van der Waals surface area (Å²) in [6.07, 6.45) is 2.36. The Hall–Kier alpha value is -2.38. The van der Waals surface area contributed by atoms with Gasteiger partial charge in [-0.25, -0.2) is 0 Å². The molecule has 1 aliphatic heterocycles. The first-order valence-electron chi connectivity index (χ1n) is 8.68. The van der Waals surface area contributed by atoms with Gasteiger partial charge in [0.1, 0.15) is 17.3 Å². The molecular formula is C21H22N2OS. The van der Waals surface area contributed by atoms with Crippen molar-refractivity contribution in [3.8, 4) is 11.8 Å². The lowest BCUT2D eigenvalue weighted by Crippen LogP contribution is -2.37. The number of nitriles is 1. The molecule has 0 spiro atoms. The van der Waals surface area contributed by atoms with Gasteiger partial charge in [-0.05, 0) is 37.0 Å². The van der Waals surface area contributed by atoms with Gasteiger partial charge in [0.05, 0.1) is 17.2 Å². The van der Waals surface area contributed by atoms with E-state index in [1.54, 1.807) is 0 Å². The highest BCUT2D eigenvalue weighted by atomic mass is 32.1. The lowest BCUT2D eigenvalue weighted by Gasteiger charge is -2.32. The minimum Gasteiger partial charge on any atom is -0.488 e. The Bertz CT molecular complexity index is 788. The molecule has 0 N–H and O–H groups in total. The SMILES string of the molecule is CC1CCN(C(=S)c2ccccc2OCc2ccccc2C#N)CC1. The van der Waals surface area contributed by atoms with Crippen LogP contribution in [0.3, 0.4) is 0 Å². The summed E-state index contributed by atoms with van der Waals surface area (Å²) in [4.78, 5) is 3.14. The molecule has 3 rings (SSSR count). The van der Waals surface area contributed by atoms with Crippen molar-refractivity contribution < 1.29 is 4.74 Å². The van der Waals surface area contributed by atoms with Crippen LogP contribution < -0.4 is 4.74 Å². The Balaban J connectivity index is 1.75. The Morgan fingerprint density at radius 1 is 1.16 bits per heavy atom. The fourth-order valence-corrected chi connectivity index (χ4v) is 3.41. The number of rotatable bonds is 4. The number of piperidine rings is 1. The molecule has 2 aromatic carbocycles. The predicted octanol–water partition coefficient (Wildman–Crippen LogP) is 4.54. The summed E-state index contributed by atoms with van der Waals surface area (Å²) in [6.45, 7) is 4.67. The quantitative estimate of drug-likeness (QED) is 0.758. The van der Waals surface area contributed by atoms with Crippen molar-refractivity contribution in [2.75, 3.05) is 13.1 Å². The second-order valence-electron chi connectivity index (χ2n) is 6.53. The maximum absolute atomic E-state index is 9.22. The number of hydrogen-bond donors (Lipinski definition) is 0. The largest absolute Gasteiger partial charge is 0.488 e. The number of ether oxygens (including phenoxy) is 1. The lowest BCUT2D eigenvalue weighted by molar-refractivity contribution is 0.281. The molecule has 4 heteroatoms. The van der Waals surface area contributed by atoms with Crippen LogP contribution in [-0.2, 0) is 6.61 Å². The summed E-state index contributed by atoms with van der Waals surface area (Å²) in [5.41, 5.74) is 2.49. The van der Waals surface area contributed by atoms with Gasteiger partial charge >= 0.3 is 0 Å². The van der Waals surface area contributed by atoms with Crippen LogP contribution in [0.2, 0.25) is 0 Å². The third-order valence-electron chi connectivity index (χ3n) is 4.71. The Morgan fingerprint density at radius 2 is 1.84 bits per heavy atom. The summed E-state index contributed by atoms with van der Waals surface area (Å²) in [7, 11) is 0. The van der Waals surface area contributed by atoms with Crippen molar-refractivity contribution in [2.24, 2.45) is 5.92 Å². The highest BCUT2D eigenvalue weighted by molar-refractivity contribution is 7.80. The van der Waals surface area contributed by atoms with E-state index >= 15 is 0 Å². The fourth-order valence-electron chi connectivity index (χ4n) is 3.06. The minimum atomic E-state index is 0.362. The summed E-state index contributed by atoms with van der Waals surface area (Å²) in [6, 6.07) is 17.6. The highest BCUT2D eigenvalue weighted by Crippen LogP contribution is 2.25. The van der Waals surface area contributed by atoms with E-state index < -0.39 is 0 Å². The van der Waals surface area contributed by atoms with E-state index in [1.165, 1.54) is 12.8 Å². The Labute approximate surface area is 154 Å². The number of thiocarbonyl (C=S) groups is 1. The van der Waals surface area contributed by atoms with Gasteiger partial charge in [-0.15, -0.1) is 0 Å². The van der Waals surface area contributed by atoms with E-state index in [0.29, 0.717) is 12.2 Å². The first kappa shape index (κ1) is 17.4. The molecule has 0 aromatic heterocycles. The molecular weight excluding hydrogens is 328 g/mol. The highest BCUT2D eigenvalue weighted by Gasteiger charge is 2.20. The van der Waals surface area contributed by atoms with Crippen LogP contribution in [0.4, 0.5) is 0 Å². The van der Waals surface area contributed by atoms with Crippen molar-refractivity contribution in [3.63, 3.8) is 0 Å². The van der Waals surface area contributed by atoms with Gasteiger partial charge in [-0.1, -0.05) is 49.5 Å². The van der Waals surface area contributed by atoms with Crippen molar-refractivity contribution in [3.05, 3.63) is 65.2 Å². The van der Waals surface area contributed by atoms with E-state index in [-0.39, 0.29) is 0 Å². The maximum atomic E-state index is 9.22. The van der Waals surface area contributed by atoms with E-state index in [2.05, 4.69) is 17.9 Å². The van der Waals surface area contributed by atoms with Crippen LogP contribution in [-0.4, -0.2) is 23.0 Å². The molecule has 0 unspecified atom stereocenters. The van der Waals surface area contributed by atoms with Crippen molar-refractivity contribution in [1.29, 1.82) is 5.26 Å². The van der Waals surface area contributed by atoms with Gasteiger partial charge in [0.25, 0.3) is 0 Å². The van der Waals surface area contributed by atoms with Crippen LogP contribution in [0.15, 0.2) is 48.5 Å². The molecule has 1 heterocycles. The summed E-state index contributed by atoms with van der Waals surface area (Å²) in [5, 5.41) is 9.22.